The number of hydrogen-bond donors (Lipinski definition) is 0. The Balaban J connectivity index is 2.16. The molecule has 7 heteroatoms. The molecule has 0 aliphatic heterocycles. The Morgan fingerprint density at radius 3 is 2.55 bits per heavy atom. The number of aromatic nitrogens is 2. The van der Waals surface area contributed by atoms with Gasteiger partial charge in [-0.05, 0) is 49.9 Å². The summed E-state index contributed by atoms with van der Waals surface area (Å²) >= 11 is 2.82. The lowest BCUT2D eigenvalue weighted by molar-refractivity contribution is -0.139. The normalized spacial score (nSPS) is 11.2. The van der Waals surface area contributed by atoms with E-state index in [1.54, 1.807) is 22.8 Å². The van der Waals surface area contributed by atoms with Crippen LogP contribution < -0.4 is 5.56 Å². The van der Waals surface area contributed by atoms with Crippen LogP contribution in [0.4, 0.5) is 0 Å². The van der Waals surface area contributed by atoms with Crippen LogP contribution in [0.5, 0.6) is 0 Å². The lowest BCUT2D eigenvalue weighted by atomic mass is 10.1. The molecule has 0 unspecified atom stereocenters. The Morgan fingerprint density at radius 1 is 1.21 bits per heavy atom. The average molecular weight is 431 g/mol. The molecule has 0 spiro atoms. The van der Waals surface area contributed by atoms with Crippen LogP contribution in [-0.2, 0) is 22.4 Å². The molecule has 0 saturated carbocycles. The Kier molecular flexibility index (Phi) is 7.14. The summed E-state index contributed by atoms with van der Waals surface area (Å²) in [4.78, 5) is 32.1. The summed E-state index contributed by atoms with van der Waals surface area (Å²) in [6.07, 6.45) is 2.88. The number of ether oxygens (including phenoxy) is 1. The van der Waals surface area contributed by atoms with Crippen molar-refractivity contribution in [3.8, 4) is 5.69 Å². The van der Waals surface area contributed by atoms with E-state index in [0.29, 0.717) is 17.1 Å². The molecule has 0 N–H and O–H groups in total. The largest absolute Gasteiger partial charge is 0.465 e. The fourth-order valence-corrected chi connectivity index (χ4v) is 5.34. The van der Waals surface area contributed by atoms with Gasteiger partial charge in [0, 0.05) is 4.88 Å². The molecule has 0 radical (unpaired) electrons. The van der Waals surface area contributed by atoms with Gasteiger partial charge in [0.25, 0.3) is 5.56 Å². The summed E-state index contributed by atoms with van der Waals surface area (Å²) in [5.74, 6) is -0.195. The number of fused-ring (bicyclic) bond motifs is 1. The van der Waals surface area contributed by atoms with Crippen molar-refractivity contribution in [2.75, 3.05) is 12.4 Å². The fourth-order valence-electron chi connectivity index (χ4n) is 3.21. The maximum atomic E-state index is 13.5. The average Bonchev–Trinajstić information content (AvgIpc) is 3.03. The van der Waals surface area contributed by atoms with Crippen LogP contribution in [0.15, 0.2) is 34.2 Å². The quantitative estimate of drug-likeness (QED) is 0.288. The second-order valence-corrected chi connectivity index (χ2v) is 8.76. The number of hydrogen-bond acceptors (Lipinski definition) is 6. The SMILES string of the molecule is CCCc1sc2nc(SCC(=O)OCC)n(-c3ccc(CC)cc3)c(=O)c2c1C. The van der Waals surface area contributed by atoms with Crippen molar-refractivity contribution in [2.24, 2.45) is 0 Å². The highest BCUT2D eigenvalue weighted by atomic mass is 32.2. The van der Waals surface area contributed by atoms with Crippen molar-refractivity contribution in [1.29, 1.82) is 0 Å². The van der Waals surface area contributed by atoms with E-state index in [4.69, 9.17) is 9.72 Å². The van der Waals surface area contributed by atoms with Crippen LogP contribution in [0.1, 0.15) is 43.2 Å². The Morgan fingerprint density at radius 2 is 1.93 bits per heavy atom. The van der Waals surface area contributed by atoms with Crippen LogP contribution in [-0.4, -0.2) is 27.9 Å². The maximum Gasteiger partial charge on any atom is 0.316 e. The summed E-state index contributed by atoms with van der Waals surface area (Å²) in [6.45, 7) is 8.34. The molecule has 2 heterocycles. The van der Waals surface area contributed by atoms with Crippen LogP contribution in [0, 0.1) is 6.92 Å². The summed E-state index contributed by atoms with van der Waals surface area (Å²) in [7, 11) is 0. The van der Waals surface area contributed by atoms with Crippen LogP contribution in [0.3, 0.4) is 0 Å². The van der Waals surface area contributed by atoms with Crippen molar-refractivity contribution < 1.29 is 9.53 Å². The molecular weight excluding hydrogens is 404 g/mol. The molecule has 2 aromatic heterocycles. The summed E-state index contributed by atoms with van der Waals surface area (Å²) in [5, 5.41) is 1.20. The molecule has 154 valence electrons. The zero-order valence-corrected chi connectivity index (χ0v) is 18.9. The zero-order chi connectivity index (χ0) is 21.0. The van der Waals surface area contributed by atoms with Gasteiger partial charge < -0.3 is 4.74 Å². The predicted molar refractivity (Wildman–Crippen MR) is 121 cm³/mol. The van der Waals surface area contributed by atoms with Gasteiger partial charge in [-0.3, -0.25) is 14.2 Å². The number of carbonyl (C=O) groups is 1. The van der Waals surface area contributed by atoms with Crippen LogP contribution in [0.25, 0.3) is 15.9 Å². The fraction of sp³-hybridized carbons (Fsp3) is 0.409. The number of esters is 1. The third-order valence-corrected chi connectivity index (χ3v) is 6.89. The minimum absolute atomic E-state index is 0.0817. The smallest absolute Gasteiger partial charge is 0.316 e. The molecule has 0 bridgehead atoms. The van der Waals surface area contributed by atoms with Crippen LogP contribution in [0.2, 0.25) is 0 Å². The number of thiophene rings is 1. The lowest BCUT2D eigenvalue weighted by Crippen LogP contribution is -2.22. The molecule has 0 saturated heterocycles. The van der Waals surface area contributed by atoms with Gasteiger partial charge in [0.15, 0.2) is 5.16 Å². The second kappa shape index (κ2) is 9.59. The first-order chi connectivity index (χ1) is 14.0. The molecule has 3 rings (SSSR count). The molecule has 0 amide bonds. The summed E-state index contributed by atoms with van der Waals surface area (Å²) in [6, 6.07) is 7.93. The highest BCUT2D eigenvalue weighted by molar-refractivity contribution is 7.99. The Bertz CT molecular complexity index is 1070. The maximum absolute atomic E-state index is 13.5. The molecule has 5 nitrogen and oxygen atoms in total. The van der Waals surface area contributed by atoms with Crippen molar-refractivity contribution in [3.05, 3.63) is 50.6 Å². The van der Waals surface area contributed by atoms with E-state index in [-0.39, 0.29) is 17.3 Å². The van der Waals surface area contributed by atoms with Gasteiger partial charge in [0.2, 0.25) is 0 Å². The molecule has 0 atom stereocenters. The third-order valence-electron chi connectivity index (χ3n) is 4.74. The standard InChI is InChI=1S/C22H26N2O3S2/c1-5-8-17-14(4)19-20(29-17)23-22(28-13-18(25)27-7-3)24(21(19)26)16-11-9-15(6-2)10-12-16/h9-12H,5-8,13H2,1-4H3. The van der Waals surface area contributed by atoms with E-state index in [1.165, 1.54) is 22.2 Å². The lowest BCUT2D eigenvalue weighted by Gasteiger charge is -2.12. The number of nitrogens with zero attached hydrogens (tertiary/aromatic N) is 2. The monoisotopic (exact) mass is 430 g/mol. The van der Waals surface area contributed by atoms with Crippen LogP contribution >= 0.6 is 23.1 Å². The molecule has 29 heavy (non-hydrogen) atoms. The van der Waals surface area contributed by atoms with Crippen molar-refractivity contribution in [3.63, 3.8) is 0 Å². The van der Waals surface area contributed by atoms with Crippen molar-refractivity contribution >= 4 is 39.3 Å². The van der Waals surface area contributed by atoms with E-state index >= 15 is 0 Å². The van der Waals surface area contributed by atoms with Gasteiger partial charge in [-0.1, -0.05) is 44.2 Å². The molecule has 0 aliphatic rings. The Labute approximate surface area is 179 Å². The van der Waals surface area contributed by atoms with Gasteiger partial charge >= 0.3 is 5.97 Å². The van der Waals surface area contributed by atoms with E-state index in [1.807, 2.05) is 31.2 Å². The second-order valence-electron chi connectivity index (χ2n) is 6.73. The summed E-state index contributed by atoms with van der Waals surface area (Å²) < 4.78 is 6.67. The Hall–Kier alpha value is -2.12. The number of aryl methyl sites for hydroxylation is 3. The van der Waals surface area contributed by atoms with E-state index in [2.05, 4.69) is 13.8 Å². The highest BCUT2D eigenvalue weighted by Gasteiger charge is 2.20. The van der Waals surface area contributed by atoms with Gasteiger partial charge in [0.1, 0.15) is 4.83 Å². The zero-order valence-electron chi connectivity index (χ0n) is 17.3. The molecule has 1 aromatic carbocycles. The first kappa shape index (κ1) is 21.6. The molecule has 0 aliphatic carbocycles. The molecule has 0 fully saturated rings. The number of rotatable bonds is 8. The minimum Gasteiger partial charge on any atom is -0.465 e. The van der Waals surface area contributed by atoms with Gasteiger partial charge in [-0.25, -0.2) is 4.98 Å². The predicted octanol–water partition coefficient (Wildman–Crippen LogP) is 4.93. The first-order valence-electron chi connectivity index (χ1n) is 9.92. The number of thioether (sulfide) groups is 1. The minimum atomic E-state index is -0.311. The molecule has 3 aromatic rings. The molecular formula is C22H26N2O3S2. The van der Waals surface area contributed by atoms with Gasteiger partial charge in [0.05, 0.1) is 23.4 Å². The van der Waals surface area contributed by atoms with Gasteiger partial charge in [-0.2, -0.15) is 0 Å². The van der Waals surface area contributed by atoms with Crippen molar-refractivity contribution in [1.82, 2.24) is 9.55 Å². The summed E-state index contributed by atoms with van der Waals surface area (Å²) in [5.41, 5.74) is 2.90. The van der Waals surface area contributed by atoms with E-state index in [9.17, 15) is 9.59 Å². The van der Waals surface area contributed by atoms with Crippen molar-refractivity contribution in [2.45, 2.75) is 52.1 Å². The van der Waals surface area contributed by atoms with E-state index in [0.717, 1.165) is 35.3 Å². The highest BCUT2D eigenvalue weighted by Crippen LogP contribution is 2.31. The third kappa shape index (κ3) is 4.56. The topological polar surface area (TPSA) is 61.2 Å². The first-order valence-corrected chi connectivity index (χ1v) is 11.7. The van der Waals surface area contributed by atoms with Gasteiger partial charge in [-0.15, -0.1) is 11.3 Å². The number of carbonyl (C=O) groups excluding carboxylic acids is 1. The van der Waals surface area contributed by atoms with E-state index < -0.39 is 0 Å². The number of benzene rings is 1.